The quantitative estimate of drug-likeness (QED) is 0.935. The molecule has 6 nitrogen and oxygen atoms in total. The Labute approximate surface area is 140 Å². The fourth-order valence-electron chi connectivity index (χ4n) is 2.79. The largest absolute Gasteiger partial charge is 0.449 e. The zero-order valence-electron chi connectivity index (χ0n) is 14.0. The van der Waals surface area contributed by atoms with Crippen molar-refractivity contribution in [1.29, 1.82) is 0 Å². The number of nitrogens with one attached hydrogen (secondary N) is 1. The lowest BCUT2D eigenvalue weighted by molar-refractivity contribution is -0.116. The van der Waals surface area contributed by atoms with E-state index >= 15 is 0 Å². The Hall–Kier alpha value is -2.34. The first-order chi connectivity index (χ1) is 11.6. The number of carbonyl (C=O) groups is 2. The van der Waals surface area contributed by atoms with Gasteiger partial charge in [0.15, 0.2) is 0 Å². The van der Waals surface area contributed by atoms with Gasteiger partial charge in [-0.3, -0.25) is 9.59 Å². The summed E-state index contributed by atoms with van der Waals surface area (Å²) in [4.78, 5) is 26.7. The minimum absolute atomic E-state index is 0.118. The van der Waals surface area contributed by atoms with Crippen molar-refractivity contribution in [2.45, 2.75) is 20.3 Å². The third-order valence-electron chi connectivity index (χ3n) is 3.95. The Balaban J connectivity index is 1.95. The van der Waals surface area contributed by atoms with Gasteiger partial charge in [0.2, 0.25) is 11.7 Å². The summed E-state index contributed by atoms with van der Waals surface area (Å²) in [6.07, 6.45) is 0.394. The van der Waals surface area contributed by atoms with E-state index in [-0.39, 0.29) is 23.5 Å². The van der Waals surface area contributed by atoms with E-state index in [1.807, 2.05) is 32.0 Å². The molecule has 2 amide bonds. The van der Waals surface area contributed by atoms with Crippen LogP contribution in [0.4, 0.5) is 5.69 Å². The second kappa shape index (κ2) is 7.05. The first-order valence-corrected chi connectivity index (χ1v) is 8.24. The van der Waals surface area contributed by atoms with E-state index in [1.165, 1.54) is 0 Å². The van der Waals surface area contributed by atoms with Crippen LogP contribution >= 0.6 is 0 Å². The van der Waals surface area contributed by atoms with Crippen molar-refractivity contribution in [1.82, 2.24) is 4.90 Å². The van der Waals surface area contributed by atoms with Crippen LogP contribution in [0.1, 0.15) is 30.8 Å². The zero-order chi connectivity index (χ0) is 17.1. The molecule has 1 aliphatic rings. The van der Waals surface area contributed by atoms with Gasteiger partial charge in [0.25, 0.3) is 5.91 Å². The molecule has 128 valence electrons. The molecule has 1 aromatic carbocycles. The van der Waals surface area contributed by atoms with Crippen molar-refractivity contribution in [3.8, 4) is 0 Å². The van der Waals surface area contributed by atoms with Gasteiger partial charge in [0.1, 0.15) is 11.3 Å². The summed E-state index contributed by atoms with van der Waals surface area (Å²) in [6.45, 7) is 6.03. The highest BCUT2D eigenvalue weighted by atomic mass is 16.5. The highest BCUT2D eigenvalue weighted by Gasteiger charge is 2.27. The molecule has 3 rings (SSSR count). The van der Waals surface area contributed by atoms with Crippen molar-refractivity contribution in [3.05, 3.63) is 30.0 Å². The van der Waals surface area contributed by atoms with Crippen molar-refractivity contribution < 1.29 is 18.7 Å². The number of ether oxygens (including phenoxy) is 1. The average molecular weight is 330 g/mol. The number of para-hydroxylation sites is 1. The molecular formula is C18H22N2O4. The van der Waals surface area contributed by atoms with E-state index < -0.39 is 0 Å². The lowest BCUT2D eigenvalue weighted by Gasteiger charge is -2.26. The molecular weight excluding hydrogens is 308 g/mol. The number of benzene rings is 1. The maximum atomic E-state index is 12.8. The summed E-state index contributed by atoms with van der Waals surface area (Å²) in [5.74, 6) is 0.0960. The summed E-state index contributed by atoms with van der Waals surface area (Å²) < 4.78 is 11.1. The molecule has 1 fully saturated rings. The minimum atomic E-state index is -0.214. The van der Waals surface area contributed by atoms with Gasteiger partial charge in [-0.15, -0.1) is 0 Å². The van der Waals surface area contributed by atoms with Crippen LogP contribution in [0, 0.1) is 5.92 Å². The molecule has 0 unspecified atom stereocenters. The van der Waals surface area contributed by atoms with Gasteiger partial charge in [-0.05, 0) is 18.1 Å². The van der Waals surface area contributed by atoms with Gasteiger partial charge in [-0.2, -0.15) is 0 Å². The van der Waals surface area contributed by atoms with Gasteiger partial charge < -0.3 is 19.4 Å². The van der Waals surface area contributed by atoms with Crippen LogP contribution in [0.5, 0.6) is 0 Å². The fraction of sp³-hybridized carbons (Fsp3) is 0.444. The summed E-state index contributed by atoms with van der Waals surface area (Å²) in [5.41, 5.74) is 1.06. The molecule has 0 aliphatic carbocycles. The highest BCUT2D eigenvalue weighted by Crippen LogP contribution is 2.32. The van der Waals surface area contributed by atoms with Crippen LogP contribution in [0.2, 0.25) is 0 Å². The molecule has 2 aromatic rings. The Morgan fingerprint density at radius 1 is 1.21 bits per heavy atom. The molecule has 0 saturated carbocycles. The van der Waals surface area contributed by atoms with Gasteiger partial charge in [-0.1, -0.05) is 26.0 Å². The number of morpholine rings is 1. The predicted molar refractivity (Wildman–Crippen MR) is 91.0 cm³/mol. The maximum absolute atomic E-state index is 12.8. The van der Waals surface area contributed by atoms with E-state index in [1.54, 1.807) is 11.0 Å². The van der Waals surface area contributed by atoms with Crippen LogP contribution in [0.15, 0.2) is 28.7 Å². The fourth-order valence-corrected chi connectivity index (χ4v) is 2.79. The van der Waals surface area contributed by atoms with Crippen LogP contribution < -0.4 is 5.32 Å². The average Bonchev–Trinajstić information content (AvgIpc) is 2.93. The molecule has 6 heteroatoms. The summed E-state index contributed by atoms with van der Waals surface area (Å²) in [5, 5.41) is 3.62. The Kier molecular flexibility index (Phi) is 4.85. The standard InChI is InChI=1S/C18H22N2O4/c1-12(2)11-15(21)19-16-13-5-3-4-6-14(13)24-17(16)18(22)20-7-9-23-10-8-20/h3-6,12H,7-11H2,1-2H3,(H,19,21). The lowest BCUT2D eigenvalue weighted by atomic mass is 10.1. The molecule has 1 aromatic heterocycles. The normalized spacial score (nSPS) is 15.0. The Bertz CT molecular complexity index is 745. The van der Waals surface area contributed by atoms with Gasteiger partial charge in [-0.25, -0.2) is 0 Å². The number of furan rings is 1. The third-order valence-corrected chi connectivity index (χ3v) is 3.95. The smallest absolute Gasteiger partial charge is 0.291 e. The van der Waals surface area contributed by atoms with Crippen molar-refractivity contribution in [2.75, 3.05) is 31.6 Å². The van der Waals surface area contributed by atoms with E-state index in [0.717, 1.165) is 5.39 Å². The number of hydrogen-bond acceptors (Lipinski definition) is 4. The number of carbonyl (C=O) groups excluding carboxylic acids is 2. The summed E-state index contributed by atoms with van der Waals surface area (Å²) in [7, 11) is 0. The van der Waals surface area contributed by atoms with Gasteiger partial charge in [0, 0.05) is 24.9 Å². The number of fused-ring (bicyclic) bond motifs is 1. The molecule has 1 N–H and O–H groups in total. The number of nitrogens with zero attached hydrogens (tertiary/aromatic N) is 1. The minimum Gasteiger partial charge on any atom is -0.449 e. The monoisotopic (exact) mass is 330 g/mol. The molecule has 1 aliphatic heterocycles. The van der Waals surface area contributed by atoms with Crippen LogP contribution in [-0.4, -0.2) is 43.0 Å². The zero-order valence-corrected chi connectivity index (χ0v) is 14.0. The Morgan fingerprint density at radius 2 is 1.92 bits per heavy atom. The van der Waals surface area contributed by atoms with E-state index in [9.17, 15) is 9.59 Å². The molecule has 0 bridgehead atoms. The van der Waals surface area contributed by atoms with Gasteiger partial charge in [0.05, 0.1) is 13.2 Å². The van der Waals surface area contributed by atoms with E-state index in [4.69, 9.17) is 9.15 Å². The SMILES string of the molecule is CC(C)CC(=O)Nc1c(C(=O)N2CCOCC2)oc2ccccc12. The Morgan fingerprint density at radius 3 is 2.62 bits per heavy atom. The second-order valence-electron chi connectivity index (χ2n) is 6.35. The van der Waals surface area contributed by atoms with E-state index in [2.05, 4.69) is 5.32 Å². The lowest BCUT2D eigenvalue weighted by Crippen LogP contribution is -2.40. The predicted octanol–water partition coefficient (Wildman–Crippen LogP) is 2.89. The van der Waals surface area contributed by atoms with Crippen LogP contribution in [-0.2, 0) is 9.53 Å². The first-order valence-electron chi connectivity index (χ1n) is 8.24. The second-order valence-corrected chi connectivity index (χ2v) is 6.35. The van der Waals surface area contributed by atoms with E-state index in [0.29, 0.717) is 44.0 Å². The number of amides is 2. The highest BCUT2D eigenvalue weighted by molar-refractivity contribution is 6.10. The van der Waals surface area contributed by atoms with Crippen LogP contribution in [0.25, 0.3) is 11.0 Å². The summed E-state index contributed by atoms with van der Waals surface area (Å²) >= 11 is 0. The topological polar surface area (TPSA) is 71.8 Å². The molecule has 0 atom stereocenters. The number of anilines is 1. The first kappa shape index (κ1) is 16.5. The molecule has 1 saturated heterocycles. The molecule has 24 heavy (non-hydrogen) atoms. The maximum Gasteiger partial charge on any atom is 0.291 e. The van der Waals surface area contributed by atoms with Gasteiger partial charge >= 0.3 is 0 Å². The van der Waals surface area contributed by atoms with Crippen molar-refractivity contribution in [3.63, 3.8) is 0 Å². The molecule has 2 heterocycles. The van der Waals surface area contributed by atoms with Crippen molar-refractivity contribution in [2.24, 2.45) is 5.92 Å². The number of hydrogen-bond donors (Lipinski definition) is 1. The third kappa shape index (κ3) is 3.43. The van der Waals surface area contributed by atoms with Crippen LogP contribution in [0.3, 0.4) is 0 Å². The van der Waals surface area contributed by atoms with Crippen molar-refractivity contribution >= 4 is 28.5 Å². The number of rotatable bonds is 4. The molecule has 0 spiro atoms. The molecule has 0 radical (unpaired) electrons. The summed E-state index contributed by atoms with van der Waals surface area (Å²) in [6, 6.07) is 7.34.